The Morgan fingerprint density at radius 2 is 1.30 bits per heavy atom. The van der Waals surface area contributed by atoms with E-state index in [2.05, 4.69) is 151 Å². The molecule has 0 atom stereocenters. The lowest BCUT2D eigenvalue weighted by molar-refractivity contribution is -0.436. The van der Waals surface area contributed by atoms with Crippen LogP contribution in [0.3, 0.4) is 0 Å². The molecule has 8 rings (SSSR count). The molecule has 0 saturated carbocycles. The number of rotatable bonds is 19. The van der Waals surface area contributed by atoms with Crippen molar-refractivity contribution in [2.24, 2.45) is 0 Å². The van der Waals surface area contributed by atoms with Crippen molar-refractivity contribution in [1.82, 2.24) is 4.57 Å². The number of allylic oxidation sites excluding steroid dienone is 5. The summed E-state index contributed by atoms with van der Waals surface area (Å²) >= 11 is 0. The first kappa shape index (κ1) is 38.7. The molecule has 0 radical (unpaired) electrons. The average Bonchev–Trinajstić information content (AvgIpc) is 3.87. The summed E-state index contributed by atoms with van der Waals surface area (Å²) in [6.45, 7) is 8.80. The van der Waals surface area contributed by atoms with E-state index in [1.807, 2.05) is 0 Å². The highest BCUT2D eigenvalue weighted by Gasteiger charge is 2.30. The zero-order valence-electron chi connectivity index (χ0n) is 34.7. The second-order valence-electron chi connectivity index (χ2n) is 16.4. The summed E-state index contributed by atoms with van der Waals surface area (Å²) in [7, 11) is 0. The Balaban J connectivity index is 1.17. The van der Waals surface area contributed by atoms with E-state index in [4.69, 9.17) is 4.74 Å². The van der Waals surface area contributed by atoms with Crippen LogP contribution in [-0.4, -0.2) is 21.4 Å². The number of ether oxygens (including phenoxy) is 1. The zero-order valence-corrected chi connectivity index (χ0v) is 34.7. The highest BCUT2D eigenvalue weighted by atomic mass is 16.5. The van der Waals surface area contributed by atoms with Crippen LogP contribution in [0, 0.1) is 6.92 Å². The van der Waals surface area contributed by atoms with Crippen LogP contribution >= 0.6 is 0 Å². The lowest BCUT2D eigenvalue weighted by Gasteiger charge is -2.11. The quantitative estimate of drug-likeness (QED) is 0.0595. The molecule has 3 heteroatoms. The molecule has 0 bridgehead atoms. The number of unbranched alkanes of at least 4 members (excludes halogenated alkanes) is 10. The van der Waals surface area contributed by atoms with Gasteiger partial charge in [-0.15, -0.1) is 0 Å². The molecular formula is C54H61N2O+. The van der Waals surface area contributed by atoms with E-state index in [1.54, 1.807) is 0 Å². The summed E-state index contributed by atoms with van der Waals surface area (Å²) in [5, 5.41) is 8.04. The third-order valence-corrected chi connectivity index (χ3v) is 12.3. The van der Waals surface area contributed by atoms with Gasteiger partial charge in [0.2, 0.25) is 11.4 Å². The molecule has 5 aromatic carbocycles. The van der Waals surface area contributed by atoms with Crippen molar-refractivity contribution >= 4 is 49.9 Å². The van der Waals surface area contributed by atoms with Crippen molar-refractivity contribution in [1.29, 1.82) is 0 Å². The highest BCUT2D eigenvalue weighted by molar-refractivity contribution is 6.19. The van der Waals surface area contributed by atoms with E-state index in [0.29, 0.717) is 0 Å². The molecule has 6 aromatic rings. The topological polar surface area (TPSA) is 17.2 Å². The van der Waals surface area contributed by atoms with E-state index in [9.17, 15) is 0 Å². The minimum atomic E-state index is 0.889. The summed E-state index contributed by atoms with van der Waals surface area (Å²) in [4.78, 5) is 0. The monoisotopic (exact) mass is 753 g/mol. The van der Waals surface area contributed by atoms with Crippen molar-refractivity contribution in [3.05, 3.63) is 149 Å². The van der Waals surface area contributed by atoms with E-state index >= 15 is 0 Å². The van der Waals surface area contributed by atoms with Gasteiger partial charge in [-0.05, 0) is 90.9 Å². The fraction of sp³-hybridized carbons (Fsp3) is 0.352. The molecule has 2 aliphatic rings. The van der Waals surface area contributed by atoms with Gasteiger partial charge in [-0.3, -0.25) is 0 Å². The Kier molecular flexibility index (Phi) is 12.5. The summed E-state index contributed by atoms with van der Waals surface area (Å²) in [5.74, 6) is 1.89. The Morgan fingerprint density at radius 3 is 2.07 bits per heavy atom. The molecule has 1 aliphatic carbocycles. The second kappa shape index (κ2) is 18.4. The van der Waals surface area contributed by atoms with Crippen LogP contribution < -0.4 is 10.1 Å². The lowest BCUT2D eigenvalue weighted by atomic mass is 10.0. The smallest absolute Gasteiger partial charge is 0.214 e. The van der Waals surface area contributed by atoms with Gasteiger partial charge in [-0.1, -0.05) is 150 Å². The summed E-state index contributed by atoms with van der Waals surface area (Å²) in [6, 6.07) is 35.7. The number of benzene rings is 5. The van der Waals surface area contributed by atoms with Gasteiger partial charge < -0.3 is 9.30 Å². The Bertz CT molecular complexity index is 2510. The van der Waals surface area contributed by atoms with Gasteiger partial charge in [0.25, 0.3) is 0 Å². The molecular weight excluding hydrogens is 693 g/mol. The fourth-order valence-electron chi connectivity index (χ4n) is 9.25. The predicted molar refractivity (Wildman–Crippen MR) is 244 cm³/mol. The van der Waals surface area contributed by atoms with Crippen molar-refractivity contribution < 1.29 is 9.31 Å². The third-order valence-electron chi connectivity index (χ3n) is 12.3. The summed E-state index contributed by atoms with van der Waals surface area (Å²) < 4.78 is 12.1. The first-order chi connectivity index (χ1) is 28.1. The first-order valence-corrected chi connectivity index (χ1v) is 22.2. The Labute approximate surface area is 340 Å². The lowest BCUT2D eigenvalue weighted by Crippen LogP contribution is -2.16. The van der Waals surface area contributed by atoms with Crippen molar-refractivity contribution in [3.63, 3.8) is 0 Å². The van der Waals surface area contributed by atoms with Crippen molar-refractivity contribution in [3.8, 4) is 5.75 Å². The van der Waals surface area contributed by atoms with Crippen LogP contribution in [0.5, 0.6) is 5.75 Å². The largest absolute Gasteiger partial charge is 0.457 e. The van der Waals surface area contributed by atoms with E-state index in [-0.39, 0.29) is 0 Å². The molecule has 0 unspecified atom stereocenters. The Hall–Kier alpha value is -5.15. The molecule has 0 saturated heterocycles. The van der Waals surface area contributed by atoms with Gasteiger partial charge >= 0.3 is 0 Å². The number of hydrogen-bond acceptors (Lipinski definition) is 1. The van der Waals surface area contributed by atoms with Crippen molar-refractivity contribution in [2.45, 2.75) is 117 Å². The van der Waals surface area contributed by atoms with Crippen LogP contribution in [0.2, 0.25) is 0 Å². The molecule has 3 nitrogen and oxygen atoms in total. The minimum Gasteiger partial charge on any atom is -0.457 e. The third kappa shape index (κ3) is 8.45. The molecule has 2 heterocycles. The number of aromatic nitrogens is 1. The maximum absolute atomic E-state index is 6.90. The molecule has 0 fully saturated rings. The fourth-order valence-corrected chi connectivity index (χ4v) is 9.25. The maximum Gasteiger partial charge on any atom is 0.214 e. The minimum absolute atomic E-state index is 0.889. The van der Waals surface area contributed by atoms with Crippen LogP contribution in [0.15, 0.2) is 132 Å². The number of nitrogens with zero attached hydrogens (tertiary/aromatic N) is 2. The number of hydrogen-bond donors (Lipinski definition) is 0. The molecule has 292 valence electrons. The van der Waals surface area contributed by atoms with Gasteiger partial charge in [0.05, 0.1) is 10.9 Å². The SMILES string of the molecule is CCCCCCCCn1/c(=C/C=C2/CCC(/C=C/C3=[N+](CCCCCCCC)c4cccc5cccc3c45)=C2Oc2ccc(C)cc2)c2cccc3cccc1c32. The van der Waals surface area contributed by atoms with Gasteiger partial charge in [-0.25, -0.2) is 0 Å². The molecule has 57 heavy (non-hydrogen) atoms. The van der Waals surface area contributed by atoms with Crippen LogP contribution in [0.1, 0.15) is 115 Å². The Morgan fingerprint density at radius 1 is 0.632 bits per heavy atom. The van der Waals surface area contributed by atoms with Gasteiger partial charge in [0.15, 0.2) is 0 Å². The highest BCUT2D eigenvalue weighted by Crippen LogP contribution is 2.38. The zero-order chi connectivity index (χ0) is 39.0. The maximum atomic E-state index is 6.90. The molecule has 0 spiro atoms. The van der Waals surface area contributed by atoms with Gasteiger partial charge in [-0.2, -0.15) is 4.58 Å². The van der Waals surface area contributed by atoms with Crippen LogP contribution in [-0.2, 0) is 6.54 Å². The molecule has 0 N–H and O–H groups in total. The molecule has 1 aliphatic heterocycles. The van der Waals surface area contributed by atoms with E-state index in [0.717, 1.165) is 37.4 Å². The van der Waals surface area contributed by atoms with Crippen molar-refractivity contribution in [2.75, 3.05) is 6.54 Å². The van der Waals surface area contributed by atoms with Gasteiger partial charge in [0.1, 0.15) is 18.1 Å². The normalized spacial score (nSPS) is 15.4. The standard InChI is InChI=1S/C54H61N2O/c1-4-6-8-10-12-14-38-55-48(46-24-16-20-41-22-18-26-50(55)52(41)46)36-32-43-30-31-44(54(43)57-45-34-28-40(3)29-35-45)33-37-49-47-25-17-21-42-23-19-27-51(53(42)47)56(49)39-15-13-11-9-7-5-2/h16-29,32-37H,4-15,30-31,38-39H2,1-3H3/q+1. The molecule has 0 amide bonds. The first-order valence-electron chi connectivity index (χ1n) is 22.2. The number of aryl methyl sites for hydroxylation is 2. The van der Waals surface area contributed by atoms with Crippen LogP contribution in [0.4, 0.5) is 5.69 Å². The van der Waals surface area contributed by atoms with E-state index in [1.165, 1.54) is 149 Å². The van der Waals surface area contributed by atoms with Gasteiger partial charge in [0, 0.05) is 46.7 Å². The van der Waals surface area contributed by atoms with Crippen LogP contribution in [0.25, 0.3) is 38.5 Å². The average molecular weight is 754 g/mol. The molecule has 1 aromatic heterocycles. The van der Waals surface area contributed by atoms with E-state index < -0.39 is 0 Å². The summed E-state index contributed by atoms with van der Waals surface area (Å²) in [5.41, 5.74) is 9.09. The second-order valence-corrected chi connectivity index (χ2v) is 16.4. The predicted octanol–water partition coefficient (Wildman–Crippen LogP) is 14.2. The summed E-state index contributed by atoms with van der Waals surface area (Å²) in [6.07, 6.45) is 26.9.